The highest BCUT2D eigenvalue weighted by Crippen LogP contribution is 2.23. The average Bonchev–Trinajstić information content (AvgIpc) is 2.41. The van der Waals surface area contributed by atoms with Crippen LogP contribution in [0.4, 0.5) is 10.5 Å². The van der Waals surface area contributed by atoms with Crippen molar-refractivity contribution < 1.29 is 9.59 Å². The molecule has 0 radical (unpaired) electrons. The number of benzene rings is 1. The Morgan fingerprint density at radius 2 is 1.95 bits per heavy atom. The average molecular weight is 289 g/mol. The lowest BCUT2D eigenvalue weighted by atomic mass is 9.86. The van der Waals surface area contributed by atoms with Gasteiger partial charge in [0.25, 0.3) is 0 Å². The van der Waals surface area contributed by atoms with E-state index < -0.39 is 5.91 Å². The second kappa shape index (κ2) is 6.61. The first-order valence-corrected chi connectivity index (χ1v) is 7.45. The molecule has 0 spiro atoms. The zero-order valence-corrected chi connectivity index (χ0v) is 12.6. The van der Waals surface area contributed by atoms with Crippen molar-refractivity contribution in [1.29, 1.82) is 0 Å². The molecule has 21 heavy (non-hydrogen) atoms. The Morgan fingerprint density at radius 3 is 2.57 bits per heavy atom. The van der Waals surface area contributed by atoms with Gasteiger partial charge in [0.15, 0.2) is 0 Å². The number of amides is 3. The third-order valence-corrected chi connectivity index (χ3v) is 4.18. The minimum atomic E-state index is -0.459. The van der Waals surface area contributed by atoms with Crippen LogP contribution >= 0.6 is 0 Å². The molecule has 1 aliphatic carbocycles. The summed E-state index contributed by atoms with van der Waals surface area (Å²) in [5, 5.41) is 5.85. The predicted molar refractivity (Wildman–Crippen MR) is 83.3 cm³/mol. The maximum Gasteiger partial charge on any atom is 0.319 e. The van der Waals surface area contributed by atoms with Crippen molar-refractivity contribution in [1.82, 2.24) is 5.32 Å². The van der Waals surface area contributed by atoms with Crippen LogP contribution in [0.2, 0.25) is 0 Å². The first kappa shape index (κ1) is 15.4. The van der Waals surface area contributed by atoms with Crippen LogP contribution in [0.3, 0.4) is 0 Å². The summed E-state index contributed by atoms with van der Waals surface area (Å²) in [6, 6.07) is 5.13. The first-order valence-electron chi connectivity index (χ1n) is 7.45. The van der Waals surface area contributed by atoms with Crippen LogP contribution in [-0.2, 0) is 0 Å². The highest BCUT2D eigenvalue weighted by atomic mass is 16.2. The number of aryl methyl sites for hydroxylation is 1. The van der Waals surface area contributed by atoms with E-state index in [1.54, 1.807) is 25.1 Å². The molecule has 0 heterocycles. The molecule has 114 valence electrons. The fraction of sp³-hybridized carbons (Fsp3) is 0.500. The van der Waals surface area contributed by atoms with Crippen LogP contribution in [0.5, 0.6) is 0 Å². The Morgan fingerprint density at radius 1 is 1.24 bits per heavy atom. The normalized spacial score (nSPS) is 21.6. The van der Waals surface area contributed by atoms with Crippen molar-refractivity contribution in [2.24, 2.45) is 11.7 Å². The Balaban J connectivity index is 1.96. The molecule has 1 saturated carbocycles. The van der Waals surface area contributed by atoms with Crippen molar-refractivity contribution in [3.63, 3.8) is 0 Å². The van der Waals surface area contributed by atoms with Crippen LogP contribution < -0.4 is 16.4 Å². The fourth-order valence-electron chi connectivity index (χ4n) is 2.88. The summed E-state index contributed by atoms with van der Waals surface area (Å²) in [7, 11) is 0. The Bertz CT molecular complexity index is 542. The molecule has 1 aromatic carbocycles. The predicted octanol–water partition coefficient (Wildman–Crippen LogP) is 2.79. The number of nitrogens with two attached hydrogens (primary N) is 1. The van der Waals surface area contributed by atoms with Gasteiger partial charge in [-0.3, -0.25) is 4.79 Å². The van der Waals surface area contributed by atoms with E-state index in [2.05, 4.69) is 17.6 Å². The Kier molecular flexibility index (Phi) is 4.83. The Hall–Kier alpha value is -2.04. The molecule has 2 atom stereocenters. The van der Waals surface area contributed by atoms with Gasteiger partial charge in [-0.15, -0.1) is 0 Å². The molecule has 2 rings (SSSR count). The van der Waals surface area contributed by atoms with Gasteiger partial charge in [0, 0.05) is 17.3 Å². The SMILES string of the molecule is Cc1cc(NC(=O)NC2CCCCC2C)ccc1C(N)=O. The largest absolute Gasteiger partial charge is 0.366 e. The van der Waals surface area contributed by atoms with Gasteiger partial charge >= 0.3 is 6.03 Å². The zero-order valence-electron chi connectivity index (χ0n) is 12.6. The summed E-state index contributed by atoms with van der Waals surface area (Å²) in [4.78, 5) is 23.2. The number of anilines is 1. The lowest BCUT2D eigenvalue weighted by Gasteiger charge is -2.29. The summed E-state index contributed by atoms with van der Waals surface area (Å²) in [5.74, 6) is 0.0583. The van der Waals surface area contributed by atoms with Crippen molar-refractivity contribution in [2.45, 2.75) is 45.6 Å². The van der Waals surface area contributed by atoms with Gasteiger partial charge in [0.1, 0.15) is 0 Å². The van der Waals surface area contributed by atoms with Gasteiger partial charge in [0.2, 0.25) is 5.91 Å². The van der Waals surface area contributed by atoms with E-state index in [0.717, 1.165) is 18.4 Å². The van der Waals surface area contributed by atoms with Crippen molar-refractivity contribution in [3.8, 4) is 0 Å². The second-order valence-electron chi connectivity index (χ2n) is 5.86. The van der Waals surface area contributed by atoms with E-state index in [-0.39, 0.29) is 12.1 Å². The quantitative estimate of drug-likeness (QED) is 0.799. The third-order valence-electron chi connectivity index (χ3n) is 4.18. The highest BCUT2D eigenvalue weighted by Gasteiger charge is 2.22. The highest BCUT2D eigenvalue weighted by molar-refractivity contribution is 5.96. The summed E-state index contributed by atoms with van der Waals surface area (Å²) >= 11 is 0. The molecule has 5 nitrogen and oxygen atoms in total. The second-order valence-corrected chi connectivity index (χ2v) is 5.86. The van der Waals surface area contributed by atoms with E-state index in [0.29, 0.717) is 17.2 Å². The molecular weight excluding hydrogens is 266 g/mol. The molecule has 5 heteroatoms. The van der Waals surface area contributed by atoms with E-state index in [9.17, 15) is 9.59 Å². The lowest BCUT2D eigenvalue weighted by molar-refractivity contribution is 0.0999. The number of carbonyl (C=O) groups excluding carboxylic acids is 2. The van der Waals surface area contributed by atoms with Gasteiger partial charge in [-0.2, -0.15) is 0 Å². The summed E-state index contributed by atoms with van der Waals surface area (Å²) in [5.41, 5.74) is 7.16. The van der Waals surface area contributed by atoms with Gasteiger partial charge in [-0.25, -0.2) is 4.79 Å². The van der Waals surface area contributed by atoms with E-state index in [1.807, 2.05) is 0 Å². The maximum absolute atomic E-state index is 12.0. The molecular formula is C16H23N3O2. The minimum Gasteiger partial charge on any atom is -0.366 e. The monoisotopic (exact) mass is 289 g/mol. The smallest absolute Gasteiger partial charge is 0.319 e. The van der Waals surface area contributed by atoms with Crippen molar-refractivity contribution in [2.75, 3.05) is 5.32 Å². The van der Waals surface area contributed by atoms with Gasteiger partial charge in [-0.05, 0) is 49.4 Å². The zero-order chi connectivity index (χ0) is 15.4. The molecule has 1 aliphatic rings. The number of primary amides is 1. The molecule has 4 N–H and O–H groups in total. The van der Waals surface area contributed by atoms with E-state index in [1.165, 1.54) is 12.8 Å². The molecule has 0 aromatic heterocycles. The molecule has 0 aliphatic heterocycles. The number of hydrogen-bond donors (Lipinski definition) is 3. The van der Waals surface area contributed by atoms with Crippen LogP contribution in [0.25, 0.3) is 0 Å². The topological polar surface area (TPSA) is 84.2 Å². The molecule has 1 aromatic rings. The minimum absolute atomic E-state index is 0.194. The van der Waals surface area contributed by atoms with Crippen molar-refractivity contribution in [3.05, 3.63) is 29.3 Å². The van der Waals surface area contributed by atoms with Gasteiger partial charge in [0.05, 0.1) is 0 Å². The van der Waals surface area contributed by atoms with Gasteiger partial charge in [-0.1, -0.05) is 19.8 Å². The summed E-state index contributed by atoms with van der Waals surface area (Å²) in [6.45, 7) is 3.97. The number of carbonyl (C=O) groups is 2. The van der Waals surface area contributed by atoms with Crippen LogP contribution in [0, 0.1) is 12.8 Å². The molecule has 3 amide bonds. The number of hydrogen-bond acceptors (Lipinski definition) is 2. The molecule has 0 bridgehead atoms. The third kappa shape index (κ3) is 3.97. The van der Waals surface area contributed by atoms with Gasteiger partial charge < -0.3 is 16.4 Å². The van der Waals surface area contributed by atoms with Crippen LogP contribution in [-0.4, -0.2) is 18.0 Å². The molecule has 1 fully saturated rings. The lowest BCUT2D eigenvalue weighted by Crippen LogP contribution is -2.43. The number of urea groups is 1. The van der Waals surface area contributed by atoms with Crippen LogP contribution in [0.15, 0.2) is 18.2 Å². The summed E-state index contributed by atoms with van der Waals surface area (Å²) in [6.07, 6.45) is 4.61. The van der Waals surface area contributed by atoms with E-state index in [4.69, 9.17) is 5.73 Å². The maximum atomic E-state index is 12.0. The van der Waals surface area contributed by atoms with Crippen LogP contribution in [0.1, 0.15) is 48.5 Å². The number of nitrogens with one attached hydrogen (secondary N) is 2. The Labute approximate surface area is 125 Å². The molecule has 2 unspecified atom stereocenters. The summed E-state index contributed by atoms with van der Waals surface area (Å²) < 4.78 is 0. The standard InChI is InChI=1S/C16H23N3O2/c1-10-5-3-4-6-14(10)19-16(21)18-12-7-8-13(15(17)20)11(2)9-12/h7-10,14H,3-6H2,1-2H3,(H2,17,20)(H2,18,19,21). The number of rotatable bonds is 3. The molecule has 0 saturated heterocycles. The van der Waals surface area contributed by atoms with Crippen molar-refractivity contribution >= 4 is 17.6 Å². The van der Waals surface area contributed by atoms with E-state index >= 15 is 0 Å². The first-order chi connectivity index (χ1) is 9.97. The fourth-order valence-corrected chi connectivity index (χ4v) is 2.88.